The van der Waals surface area contributed by atoms with Crippen molar-refractivity contribution in [2.45, 2.75) is 6.42 Å². The maximum atomic E-state index is 11.0. The highest BCUT2D eigenvalue weighted by atomic mass is 16.4. The molecule has 3 nitrogen and oxygen atoms in total. The summed E-state index contributed by atoms with van der Waals surface area (Å²) in [6, 6.07) is 11.5. The Morgan fingerprint density at radius 2 is 2.06 bits per heavy atom. The van der Waals surface area contributed by atoms with E-state index in [-0.39, 0.29) is 6.42 Å². The molecule has 0 aliphatic heterocycles. The Morgan fingerprint density at radius 3 is 2.53 bits per heavy atom. The van der Waals surface area contributed by atoms with Crippen LogP contribution in [0.4, 0.5) is 0 Å². The van der Waals surface area contributed by atoms with Gasteiger partial charge in [-0.2, -0.15) is 5.26 Å². The lowest BCUT2D eigenvalue weighted by molar-refractivity contribution is -0.143. The molecule has 0 spiro atoms. The molecular weight excluding hydrogens is 214 g/mol. The van der Waals surface area contributed by atoms with Gasteiger partial charge in [-0.15, -0.1) is 0 Å². The summed E-state index contributed by atoms with van der Waals surface area (Å²) in [5.74, 6) is -1.10. The number of hydrogen-bond donors (Lipinski definition) is 1. The Hall–Kier alpha value is -2.34. The quantitative estimate of drug-likeness (QED) is 0.841. The third kappa shape index (κ3) is 1.98. The van der Waals surface area contributed by atoms with E-state index in [2.05, 4.69) is 0 Å². The van der Waals surface area contributed by atoms with Crippen LogP contribution in [0, 0.1) is 16.7 Å². The molecule has 0 saturated heterocycles. The van der Waals surface area contributed by atoms with Crippen molar-refractivity contribution in [2.75, 3.05) is 0 Å². The first-order valence-electron chi connectivity index (χ1n) is 5.27. The van der Waals surface area contributed by atoms with Crippen molar-refractivity contribution in [1.82, 2.24) is 0 Å². The van der Waals surface area contributed by atoms with Crippen molar-refractivity contribution < 1.29 is 9.90 Å². The smallest absolute Gasteiger partial charge is 0.328 e. The number of allylic oxidation sites excluding steroid dienone is 3. The molecule has 1 aromatic rings. The molecule has 1 N–H and O–H groups in total. The van der Waals surface area contributed by atoms with Crippen molar-refractivity contribution in [3.8, 4) is 6.07 Å². The van der Waals surface area contributed by atoms with Gasteiger partial charge in [0, 0.05) is 0 Å². The van der Waals surface area contributed by atoms with Gasteiger partial charge in [0.05, 0.1) is 6.07 Å². The molecule has 1 aliphatic carbocycles. The molecule has 1 unspecified atom stereocenters. The summed E-state index contributed by atoms with van der Waals surface area (Å²) >= 11 is 0. The largest absolute Gasteiger partial charge is 0.480 e. The molecule has 3 heteroatoms. The predicted octanol–water partition coefficient (Wildman–Crippen LogP) is 2.62. The molecule has 0 heterocycles. The van der Waals surface area contributed by atoms with Gasteiger partial charge in [0.2, 0.25) is 0 Å². The van der Waals surface area contributed by atoms with E-state index in [0.29, 0.717) is 0 Å². The average Bonchev–Trinajstić information content (AvgIpc) is 2.39. The Kier molecular flexibility index (Phi) is 2.80. The van der Waals surface area contributed by atoms with Crippen molar-refractivity contribution in [1.29, 1.82) is 5.26 Å². The van der Waals surface area contributed by atoms with Gasteiger partial charge >= 0.3 is 5.97 Å². The minimum Gasteiger partial charge on any atom is -0.480 e. The summed E-state index contributed by atoms with van der Waals surface area (Å²) < 4.78 is 0. The third-order valence-electron chi connectivity index (χ3n) is 2.88. The van der Waals surface area contributed by atoms with E-state index in [9.17, 15) is 4.79 Å². The molecule has 0 saturated carbocycles. The number of nitrogens with zero attached hydrogens (tertiary/aromatic N) is 1. The maximum absolute atomic E-state index is 11.0. The molecule has 1 aliphatic rings. The SMILES string of the molecule is N#CC1(C(=O)O)C=CC(c2ccccc2)=CC1. The number of carboxylic acid groups (broad SMARTS) is 1. The van der Waals surface area contributed by atoms with Crippen LogP contribution in [-0.2, 0) is 4.79 Å². The second kappa shape index (κ2) is 4.26. The zero-order chi connectivity index (χ0) is 12.3. The highest BCUT2D eigenvalue weighted by molar-refractivity contribution is 5.85. The molecule has 0 amide bonds. The fourth-order valence-corrected chi connectivity index (χ4v) is 1.77. The molecule has 1 aromatic carbocycles. The predicted molar refractivity (Wildman–Crippen MR) is 63.9 cm³/mol. The monoisotopic (exact) mass is 225 g/mol. The van der Waals surface area contributed by atoms with Crippen LogP contribution in [0.25, 0.3) is 5.57 Å². The van der Waals surface area contributed by atoms with Crippen LogP contribution < -0.4 is 0 Å². The lowest BCUT2D eigenvalue weighted by Crippen LogP contribution is -2.27. The number of hydrogen-bond acceptors (Lipinski definition) is 2. The number of aliphatic carboxylic acids is 1. The molecule has 0 aromatic heterocycles. The summed E-state index contributed by atoms with van der Waals surface area (Å²) in [6.45, 7) is 0. The minimum atomic E-state index is -1.40. The molecule has 17 heavy (non-hydrogen) atoms. The van der Waals surface area contributed by atoms with Gasteiger partial charge in [-0.05, 0) is 17.6 Å². The number of nitriles is 1. The van der Waals surface area contributed by atoms with Crippen LogP contribution in [0.1, 0.15) is 12.0 Å². The number of benzene rings is 1. The zero-order valence-electron chi connectivity index (χ0n) is 9.13. The molecular formula is C14H11NO2. The lowest BCUT2D eigenvalue weighted by Gasteiger charge is -2.20. The van der Waals surface area contributed by atoms with Crippen LogP contribution >= 0.6 is 0 Å². The van der Waals surface area contributed by atoms with Gasteiger partial charge in [0.25, 0.3) is 0 Å². The summed E-state index contributed by atoms with van der Waals surface area (Å²) in [5, 5.41) is 18.0. The zero-order valence-corrected chi connectivity index (χ0v) is 9.13. The molecule has 0 bridgehead atoms. The highest BCUT2D eigenvalue weighted by Crippen LogP contribution is 2.32. The fraction of sp³-hybridized carbons (Fsp3) is 0.143. The minimum absolute atomic E-state index is 0.208. The van der Waals surface area contributed by atoms with E-state index in [1.807, 2.05) is 36.4 Å². The van der Waals surface area contributed by atoms with Gasteiger partial charge in [-0.3, -0.25) is 4.79 Å². The fourth-order valence-electron chi connectivity index (χ4n) is 1.77. The molecule has 0 fully saturated rings. The van der Waals surface area contributed by atoms with E-state index in [1.165, 1.54) is 6.08 Å². The van der Waals surface area contributed by atoms with Crippen LogP contribution in [0.5, 0.6) is 0 Å². The van der Waals surface area contributed by atoms with Gasteiger partial charge in [0.15, 0.2) is 5.41 Å². The van der Waals surface area contributed by atoms with Crippen LogP contribution in [0.3, 0.4) is 0 Å². The normalized spacial score (nSPS) is 22.6. The van der Waals surface area contributed by atoms with Gasteiger partial charge in [-0.1, -0.05) is 48.6 Å². The van der Waals surface area contributed by atoms with E-state index < -0.39 is 11.4 Å². The third-order valence-corrected chi connectivity index (χ3v) is 2.88. The van der Waals surface area contributed by atoms with Crippen LogP contribution in [-0.4, -0.2) is 11.1 Å². The average molecular weight is 225 g/mol. The standard InChI is InChI=1S/C14H11NO2/c15-10-14(13(16)17)8-6-12(7-9-14)11-4-2-1-3-5-11/h1-8H,9H2,(H,16,17). The first kappa shape index (κ1) is 11.2. The van der Waals surface area contributed by atoms with Crippen LogP contribution in [0.15, 0.2) is 48.6 Å². The first-order chi connectivity index (χ1) is 8.18. The summed E-state index contributed by atoms with van der Waals surface area (Å²) in [6.07, 6.45) is 5.18. The molecule has 0 radical (unpaired) electrons. The van der Waals surface area contributed by atoms with Crippen molar-refractivity contribution in [3.05, 3.63) is 54.1 Å². The molecule has 1 atom stereocenters. The lowest BCUT2D eigenvalue weighted by atomic mass is 9.80. The van der Waals surface area contributed by atoms with Crippen LogP contribution in [0.2, 0.25) is 0 Å². The van der Waals surface area contributed by atoms with Crippen molar-refractivity contribution in [2.24, 2.45) is 5.41 Å². The first-order valence-corrected chi connectivity index (χ1v) is 5.27. The maximum Gasteiger partial charge on any atom is 0.328 e. The molecule has 84 valence electrons. The van der Waals surface area contributed by atoms with Gasteiger partial charge in [0.1, 0.15) is 0 Å². The topological polar surface area (TPSA) is 61.1 Å². The Balaban J connectivity index is 2.29. The summed E-state index contributed by atoms with van der Waals surface area (Å²) in [5.41, 5.74) is 0.580. The second-order valence-electron chi connectivity index (χ2n) is 3.95. The summed E-state index contributed by atoms with van der Waals surface area (Å²) in [7, 11) is 0. The highest BCUT2D eigenvalue weighted by Gasteiger charge is 2.36. The number of carbonyl (C=O) groups is 1. The number of carboxylic acids is 1. The van der Waals surface area contributed by atoms with Gasteiger partial charge in [-0.25, -0.2) is 0 Å². The molecule has 2 rings (SSSR count). The summed E-state index contributed by atoms with van der Waals surface area (Å²) in [4.78, 5) is 11.0. The Bertz CT molecular complexity index is 537. The van der Waals surface area contributed by atoms with Crippen molar-refractivity contribution in [3.63, 3.8) is 0 Å². The van der Waals surface area contributed by atoms with E-state index in [0.717, 1.165) is 11.1 Å². The van der Waals surface area contributed by atoms with Crippen molar-refractivity contribution >= 4 is 11.5 Å². The van der Waals surface area contributed by atoms with E-state index >= 15 is 0 Å². The van der Waals surface area contributed by atoms with E-state index in [4.69, 9.17) is 10.4 Å². The second-order valence-corrected chi connectivity index (χ2v) is 3.95. The number of rotatable bonds is 2. The Morgan fingerprint density at radius 1 is 1.35 bits per heavy atom. The van der Waals surface area contributed by atoms with Gasteiger partial charge < -0.3 is 5.11 Å². The Labute approximate surface area is 99.3 Å². The van der Waals surface area contributed by atoms with E-state index in [1.54, 1.807) is 12.2 Å².